The molecule has 0 N–H and O–H groups in total. The lowest BCUT2D eigenvalue weighted by Crippen LogP contribution is -2.10. The Hall–Kier alpha value is -1.73. The Kier molecular flexibility index (Phi) is 5.47. The van der Waals surface area contributed by atoms with Crippen molar-refractivity contribution in [2.24, 2.45) is 0 Å². The van der Waals surface area contributed by atoms with E-state index in [-0.39, 0.29) is 18.3 Å². The summed E-state index contributed by atoms with van der Waals surface area (Å²) >= 11 is 5.83. The van der Waals surface area contributed by atoms with Crippen LogP contribution in [0.15, 0.2) is 12.1 Å². The van der Waals surface area contributed by atoms with Crippen LogP contribution in [0.1, 0.15) is 23.6 Å². The highest BCUT2D eigenvalue weighted by Gasteiger charge is 2.15. The van der Waals surface area contributed by atoms with Gasteiger partial charge in [-0.15, -0.1) is 11.6 Å². The van der Waals surface area contributed by atoms with Gasteiger partial charge in [-0.1, -0.05) is 0 Å². The summed E-state index contributed by atoms with van der Waals surface area (Å²) in [6, 6.07) is 5.36. The van der Waals surface area contributed by atoms with E-state index in [0.717, 1.165) is 0 Å². The Morgan fingerprint density at radius 2 is 2.22 bits per heavy atom. The van der Waals surface area contributed by atoms with Gasteiger partial charge in [-0.3, -0.25) is 4.79 Å². The van der Waals surface area contributed by atoms with Crippen LogP contribution in [0.5, 0.6) is 5.75 Å². The molecular formula is C13H14ClNO3. The largest absolute Gasteiger partial charge is 0.497 e. The van der Waals surface area contributed by atoms with Gasteiger partial charge in [0.1, 0.15) is 5.75 Å². The first-order valence-corrected chi connectivity index (χ1v) is 6.01. The highest BCUT2D eigenvalue weighted by atomic mass is 35.5. The number of hydrogen-bond acceptors (Lipinski definition) is 4. The van der Waals surface area contributed by atoms with Crippen molar-refractivity contribution in [3.8, 4) is 11.8 Å². The number of esters is 1. The molecule has 0 bridgehead atoms. The lowest BCUT2D eigenvalue weighted by molar-refractivity contribution is -0.142. The molecule has 1 aromatic carbocycles. The van der Waals surface area contributed by atoms with Crippen molar-refractivity contribution >= 4 is 17.6 Å². The third-order valence-corrected chi connectivity index (χ3v) is 2.73. The first-order valence-electron chi connectivity index (χ1n) is 5.47. The number of nitrogens with zero attached hydrogens (tertiary/aromatic N) is 1. The number of nitriles is 1. The molecule has 0 unspecified atom stereocenters. The van der Waals surface area contributed by atoms with Crippen LogP contribution in [0.4, 0.5) is 0 Å². The molecule has 4 nitrogen and oxygen atoms in total. The molecule has 0 saturated heterocycles. The molecule has 1 aromatic rings. The van der Waals surface area contributed by atoms with Gasteiger partial charge >= 0.3 is 5.97 Å². The van der Waals surface area contributed by atoms with Gasteiger partial charge in [0, 0.05) is 5.88 Å². The van der Waals surface area contributed by atoms with Crippen molar-refractivity contribution in [1.29, 1.82) is 5.26 Å². The normalized spacial score (nSPS) is 9.67. The first kappa shape index (κ1) is 14.3. The highest BCUT2D eigenvalue weighted by molar-refractivity contribution is 6.17. The maximum atomic E-state index is 11.5. The van der Waals surface area contributed by atoms with Crippen molar-refractivity contribution in [1.82, 2.24) is 0 Å². The van der Waals surface area contributed by atoms with E-state index >= 15 is 0 Å². The van der Waals surface area contributed by atoms with Crippen molar-refractivity contribution in [3.63, 3.8) is 0 Å². The number of benzene rings is 1. The fourth-order valence-corrected chi connectivity index (χ4v) is 1.84. The van der Waals surface area contributed by atoms with Gasteiger partial charge in [0.2, 0.25) is 0 Å². The van der Waals surface area contributed by atoms with Gasteiger partial charge in [0.25, 0.3) is 0 Å². The number of carbonyl (C=O) groups is 1. The third kappa shape index (κ3) is 3.38. The SMILES string of the molecule is CCOC(=O)Cc1c(C#N)cc(OC)cc1CCl. The van der Waals surface area contributed by atoms with Crippen molar-refractivity contribution < 1.29 is 14.3 Å². The number of hydrogen-bond donors (Lipinski definition) is 0. The molecule has 0 atom stereocenters. The molecule has 0 spiro atoms. The molecule has 96 valence electrons. The van der Waals surface area contributed by atoms with E-state index in [4.69, 9.17) is 26.3 Å². The molecule has 0 aliphatic heterocycles. The average Bonchev–Trinajstić information content (AvgIpc) is 2.39. The summed E-state index contributed by atoms with van der Waals surface area (Å²) in [5.41, 5.74) is 1.70. The predicted molar refractivity (Wildman–Crippen MR) is 67.6 cm³/mol. The molecule has 0 saturated carbocycles. The number of alkyl halides is 1. The van der Waals surface area contributed by atoms with Crippen LogP contribution >= 0.6 is 11.6 Å². The maximum absolute atomic E-state index is 11.5. The monoisotopic (exact) mass is 267 g/mol. The highest BCUT2D eigenvalue weighted by Crippen LogP contribution is 2.24. The van der Waals surface area contributed by atoms with Gasteiger partial charge in [0.05, 0.1) is 31.8 Å². The lowest BCUT2D eigenvalue weighted by atomic mass is 9.99. The Labute approximate surface area is 111 Å². The summed E-state index contributed by atoms with van der Waals surface area (Å²) in [6.07, 6.45) is 0.0444. The molecule has 1 rings (SSSR count). The van der Waals surface area contributed by atoms with Crippen LogP contribution in [0, 0.1) is 11.3 Å². The summed E-state index contributed by atoms with van der Waals surface area (Å²) in [6.45, 7) is 2.05. The Bertz CT molecular complexity index is 480. The van der Waals surface area contributed by atoms with Gasteiger partial charge in [-0.25, -0.2) is 0 Å². The third-order valence-electron chi connectivity index (χ3n) is 2.44. The van der Waals surface area contributed by atoms with E-state index in [0.29, 0.717) is 29.0 Å². The van der Waals surface area contributed by atoms with Crippen LogP contribution < -0.4 is 4.74 Å². The minimum atomic E-state index is -0.370. The molecule has 0 aliphatic carbocycles. The molecule has 0 aliphatic rings. The van der Waals surface area contributed by atoms with Gasteiger partial charge in [-0.05, 0) is 30.2 Å². The second-order valence-corrected chi connectivity index (χ2v) is 3.81. The summed E-state index contributed by atoms with van der Waals surface area (Å²) < 4.78 is 9.96. The van der Waals surface area contributed by atoms with Gasteiger partial charge < -0.3 is 9.47 Å². The summed E-state index contributed by atoms with van der Waals surface area (Å²) in [4.78, 5) is 11.5. The molecule has 0 heterocycles. The number of methoxy groups -OCH3 is 1. The molecule has 0 fully saturated rings. The molecule has 0 radical (unpaired) electrons. The average molecular weight is 268 g/mol. The van der Waals surface area contributed by atoms with E-state index in [1.807, 2.05) is 6.07 Å². The Balaban J connectivity index is 3.15. The van der Waals surface area contributed by atoms with Crippen LogP contribution in [0.3, 0.4) is 0 Å². The maximum Gasteiger partial charge on any atom is 0.310 e. The fraction of sp³-hybridized carbons (Fsp3) is 0.385. The fourth-order valence-electron chi connectivity index (χ4n) is 1.60. The first-order chi connectivity index (χ1) is 8.65. The standard InChI is InChI=1S/C13H14ClNO3/c1-3-18-13(16)6-12-9(7-14)4-11(17-2)5-10(12)8-15/h4-5H,3,6-7H2,1-2H3. The van der Waals surface area contributed by atoms with Gasteiger partial charge in [-0.2, -0.15) is 5.26 Å². The number of rotatable bonds is 5. The second kappa shape index (κ2) is 6.87. The smallest absolute Gasteiger partial charge is 0.310 e. The minimum Gasteiger partial charge on any atom is -0.497 e. The summed E-state index contributed by atoms with van der Waals surface area (Å²) in [7, 11) is 1.51. The number of halogens is 1. The number of carbonyl (C=O) groups excluding carboxylic acids is 1. The molecular weight excluding hydrogens is 254 g/mol. The van der Waals surface area contributed by atoms with Crippen LogP contribution in [-0.4, -0.2) is 19.7 Å². The zero-order chi connectivity index (χ0) is 13.5. The van der Waals surface area contributed by atoms with E-state index in [2.05, 4.69) is 0 Å². The Morgan fingerprint density at radius 3 is 2.72 bits per heavy atom. The van der Waals surface area contributed by atoms with E-state index < -0.39 is 0 Å². The zero-order valence-corrected chi connectivity index (χ0v) is 11.1. The molecule has 5 heteroatoms. The predicted octanol–water partition coefficient (Wildman–Crippen LogP) is 2.41. The lowest BCUT2D eigenvalue weighted by Gasteiger charge is -2.11. The molecule has 0 aromatic heterocycles. The summed E-state index contributed by atoms with van der Waals surface area (Å²) in [5, 5.41) is 9.10. The van der Waals surface area contributed by atoms with Gasteiger partial charge in [0.15, 0.2) is 0 Å². The van der Waals surface area contributed by atoms with E-state index in [9.17, 15) is 4.79 Å². The topological polar surface area (TPSA) is 59.3 Å². The summed E-state index contributed by atoms with van der Waals surface area (Å²) in [5.74, 6) is 0.390. The molecule has 0 amide bonds. The van der Waals surface area contributed by atoms with Crippen LogP contribution in [-0.2, 0) is 21.8 Å². The van der Waals surface area contributed by atoms with Crippen LogP contribution in [0.25, 0.3) is 0 Å². The zero-order valence-electron chi connectivity index (χ0n) is 10.3. The van der Waals surface area contributed by atoms with Crippen molar-refractivity contribution in [3.05, 3.63) is 28.8 Å². The quantitative estimate of drug-likeness (QED) is 0.607. The minimum absolute atomic E-state index is 0.0444. The van der Waals surface area contributed by atoms with Crippen LogP contribution in [0.2, 0.25) is 0 Å². The number of ether oxygens (including phenoxy) is 2. The van der Waals surface area contributed by atoms with E-state index in [1.54, 1.807) is 19.1 Å². The van der Waals surface area contributed by atoms with Crippen molar-refractivity contribution in [2.75, 3.05) is 13.7 Å². The van der Waals surface area contributed by atoms with Crippen molar-refractivity contribution in [2.45, 2.75) is 19.2 Å². The second-order valence-electron chi connectivity index (χ2n) is 3.54. The Morgan fingerprint density at radius 1 is 1.50 bits per heavy atom. The van der Waals surface area contributed by atoms with E-state index in [1.165, 1.54) is 7.11 Å². The molecule has 18 heavy (non-hydrogen) atoms.